The highest BCUT2D eigenvalue weighted by atomic mass is 16.5. The van der Waals surface area contributed by atoms with E-state index in [9.17, 15) is 9.59 Å². The molecular weight excluding hydrogens is 224 g/mol. The van der Waals surface area contributed by atoms with Crippen molar-refractivity contribution >= 4 is 11.9 Å². The van der Waals surface area contributed by atoms with Crippen LogP contribution in [0.4, 0.5) is 0 Å². The molecule has 0 aromatic heterocycles. The van der Waals surface area contributed by atoms with Gasteiger partial charge in [0, 0.05) is 6.54 Å². The van der Waals surface area contributed by atoms with Crippen LogP contribution in [0.3, 0.4) is 0 Å². The zero-order valence-electron chi connectivity index (χ0n) is 10.6. The van der Waals surface area contributed by atoms with Gasteiger partial charge in [-0.1, -0.05) is 0 Å². The van der Waals surface area contributed by atoms with Gasteiger partial charge in [0.25, 0.3) is 5.91 Å². The summed E-state index contributed by atoms with van der Waals surface area (Å²) >= 11 is 0. The Labute approximate surface area is 101 Å². The minimum absolute atomic E-state index is 0.215. The van der Waals surface area contributed by atoms with Gasteiger partial charge in [0.2, 0.25) is 0 Å². The molecule has 17 heavy (non-hydrogen) atoms. The fourth-order valence-electron chi connectivity index (χ4n) is 1.77. The van der Waals surface area contributed by atoms with Crippen LogP contribution in [0.15, 0.2) is 0 Å². The van der Waals surface area contributed by atoms with E-state index in [2.05, 4.69) is 0 Å². The first kappa shape index (κ1) is 13.9. The van der Waals surface area contributed by atoms with Crippen LogP contribution in [0.1, 0.15) is 20.8 Å². The quantitative estimate of drug-likeness (QED) is 0.535. The van der Waals surface area contributed by atoms with E-state index < -0.39 is 23.5 Å². The number of nitrogens with zero attached hydrogens (tertiary/aromatic N) is 1. The summed E-state index contributed by atoms with van der Waals surface area (Å²) in [6.07, 6.45) is 0. The monoisotopic (exact) mass is 244 g/mol. The minimum Gasteiger partial charge on any atom is -0.464 e. The Morgan fingerprint density at radius 1 is 1.53 bits per heavy atom. The summed E-state index contributed by atoms with van der Waals surface area (Å²) in [7, 11) is 0. The number of hydrogen-bond acceptors (Lipinski definition) is 5. The van der Waals surface area contributed by atoms with E-state index >= 15 is 0 Å². The number of hydrogen-bond donors (Lipinski definition) is 1. The fourth-order valence-corrected chi connectivity index (χ4v) is 1.77. The Balaban J connectivity index is 2.71. The summed E-state index contributed by atoms with van der Waals surface area (Å²) in [4.78, 5) is 25.1. The maximum Gasteiger partial charge on any atom is 0.332 e. The van der Waals surface area contributed by atoms with E-state index in [1.54, 1.807) is 11.8 Å². The van der Waals surface area contributed by atoms with Crippen LogP contribution in [0, 0.1) is 0 Å². The molecule has 0 spiro atoms. The lowest BCUT2D eigenvalue weighted by molar-refractivity contribution is -0.157. The maximum atomic E-state index is 12.1. The number of carbonyl (C=O) groups excluding carboxylic acids is 2. The van der Waals surface area contributed by atoms with E-state index in [1.807, 2.05) is 13.8 Å². The SMILES string of the molecule is CCOC(=O)C(N)C(=O)N1CCOCC1(C)C. The van der Waals surface area contributed by atoms with E-state index in [1.165, 1.54) is 0 Å². The first-order valence-corrected chi connectivity index (χ1v) is 5.71. The average Bonchev–Trinajstić information content (AvgIpc) is 2.27. The van der Waals surface area contributed by atoms with E-state index in [0.29, 0.717) is 19.8 Å². The fraction of sp³-hybridized carbons (Fsp3) is 0.818. The Morgan fingerprint density at radius 3 is 2.71 bits per heavy atom. The van der Waals surface area contributed by atoms with Crippen LogP contribution in [0.2, 0.25) is 0 Å². The molecule has 0 saturated carbocycles. The summed E-state index contributed by atoms with van der Waals surface area (Å²) in [6.45, 7) is 6.99. The summed E-state index contributed by atoms with van der Waals surface area (Å²) in [6, 6.07) is -1.24. The van der Waals surface area contributed by atoms with Gasteiger partial charge in [-0.05, 0) is 20.8 Å². The van der Waals surface area contributed by atoms with Gasteiger partial charge in [0.05, 0.1) is 25.4 Å². The molecule has 1 aliphatic rings. The van der Waals surface area contributed by atoms with Crippen LogP contribution in [-0.4, -0.2) is 54.7 Å². The Hall–Kier alpha value is -1.14. The van der Waals surface area contributed by atoms with Gasteiger partial charge in [-0.3, -0.25) is 4.79 Å². The van der Waals surface area contributed by atoms with Gasteiger partial charge in [-0.2, -0.15) is 0 Å². The standard InChI is InChI=1S/C11H20N2O4/c1-4-17-10(15)8(12)9(14)13-5-6-16-7-11(13,2)3/h8H,4-7,12H2,1-3H3. The van der Waals surface area contributed by atoms with E-state index in [4.69, 9.17) is 15.2 Å². The summed E-state index contributed by atoms with van der Waals surface area (Å²) in [5, 5.41) is 0. The molecule has 1 aliphatic heterocycles. The first-order chi connectivity index (χ1) is 7.90. The zero-order chi connectivity index (χ0) is 13.1. The van der Waals surface area contributed by atoms with Crippen molar-refractivity contribution in [1.82, 2.24) is 4.90 Å². The number of amides is 1. The second-order valence-corrected chi connectivity index (χ2v) is 4.58. The van der Waals surface area contributed by atoms with Crippen molar-refractivity contribution in [3.8, 4) is 0 Å². The van der Waals surface area contributed by atoms with E-state index in [-0.39, 0.29) is 6.61 Å². The van der Waals surface area contributed by atoms with Crippen molar-refractivity contribution in [3.63, 3.8) is 0 Å². The molecule has 1 atom stereocenters. The molecule has 1 rings (SSSR count). The third-order valence-corrected chi connectivity index (χ3v) is 2.72. The lowest BCUT2D eigenvalue weighted by atomic mass is 10.0. The molecule has 1 saturated heterocycles. The molecule has 2 N–H and O–H groups in total. The zero-order valence-corrected chi connectivity index (χ0v) is 10.6. The number of carbonyl (C=O) groups is 2. The van der Waals surface area contributed by atoms with Crippen LogP contribution in [0.25, 0.3) is 0 Å². The lowest BCUT2D eigenvalue weighted by Crippen LogP contribution is -2.60. The maximum absolute atomic E-state index is 12.1. The van der Waals surface area contributed by atoms with E-state index in [0.717, 1.165) is 0 Å². The summed E-state index contributed by atoms with van der Waals surface area (Å²) in [5.41, 5.74) is 5.15. The van der Waals surface area contributed by atoms with Gasteiger partial charge < -0.3 is 20.1 Å². The van der Waals surface area contributed by atoms with Crippen molar-refractivity contribution < 1.29 is 19.1 Å². The van der Waals surface area contributed by atoms with Crippen LogP contribution < -0.4 is 5.73 Å². The highest BCUT2D eigenvalue weighted by Gasteiger charge is 2.38. The topological polar surface area (TPSA) is 81.9 Å². The average molecular weight is 244 g/mol. The summed E-state index contributed by atoms with van der Waals surface area (Å²) < 4.78 is 10.0. The second-order valence-electron chi connectivity index (χ2n) is 4.58. The number of nitrogens with two attached hydrogens (primary N) is 1. The number of morpholine rings is 1. The Bertz CT molecular complexity index is 304. The second kappa shape index (κ2) is 5.46. The Morgan fingerprint density at radius 2 is 2.18 bits per heavy atom. The van der Waals surface area contributed by atoms with Crippen molar-refractivity contribution in [3.05, 3.63) is 0 Å². The molecule has 0 bridgehead atoms. The van der Waals surface area contributed by atoms with Crippen LogP contribution >= 0.6 is 0 Å². The minimum atomic E-state index is -1.24. The van der Waals surface area contributed by atoms with Crippen LogP contribution in [-0.2, 0) is 19.1 Å². The molecule has 0 aromatic rings. The smallest absolute Gasteiger partial charge is 0.332 e. The van der Waals surface area contributed by atoms with Gasteiger partial charge in [0.1, 0.15) is 0 Å². The van der Waals surface area contributed by atoms with Crippen LogP contribution in [0.5, 0.6) is 0 Å². The Kier molecular flexibility index (Phi) is 4.47. The van der Waals surface area contributed by atoms with Crippen molar-refractivity contribution in [2.45, 2.75) is 32.4 Å². The summed E-state index contributed by atoms with van der Waals surface area (Å²) in [5.74, 6) is -1.09. The highest BCUT2D eigenvalue weighted by molar-refractivity contribution is 6.02. The molecular formula is C11H20N2O4. The molecule has 6 nitrogen and oxygen atoms in total. The van der Waals surface area contributed by atoms with Gasteiger partial charge >= 0.3 is 5.97 Å². The first-order valence-electron chi connectivity index (χ1n) is 5.71. The van der Waals surface area contributed by atoms with Crippen molar-refractivity contribution in [2.75, 3.05) is 26.4 Å². The molecule has 6 heteroatoms. The molecule has 1 unspecified atom stereocenters. The van der Waals surface area contributed by atoms with Gasteiger partial charge in [-0.15, -0.1) is 0 Å². The largest absolute Gasteiger partial charge is 0.464 e. The van der Waals surface area contributed by atoms with Gasteiger partial charge in [-0.25, -0.2) is 4.79 Å². The molecule has 1 heterocycles. The molecule has 98 valence electrons. The van der Waals surface area contributed by atoms with Crippen molar-refractivity contribution in [2.24, 2.45) is 5.73 Å². The van der Waals surface area contributed by atoms with Gasteiger partial charge in [0.15, 0.2) is 6.04 Å². The number of rotatable bonds is 3. The predicted octanol–water partition coefficient (Wildman–Crippen LogP) is -0.486. The normalized spacial score (nSPS) is 20.8. The lowest BCUT2D eigenvalue weighted by Gasteiger charge is -2.42. The predicted molar refractivity (Wildman–Crippen MR) is 61.2 cm³/mol. The number of esters is 1. The highest BCUT2D eigenvalue weighted by Crippen LogP contribution is 2.19. The molecule has 0 aromatic carbocycles. The molecule has 1 amide bonds. The number of ether oxygens (including phenoxy) is 2. The molecule has 1 fully saturated rings. The van der Waals surface area contributed by atoms with Crippen molar-refractivity contribution in [1.29, 1.82) is 0 Å². The third-order valence-electron chi connectivity index (χ3n) is 2.72. The molecule has 0 radical (unpaired) electrons. The molecule has 0 aliphatic carbocycles. The third kappa shape index (κ3) is 3.17.